The molecular formula is C17H18N4O. The normalized spacial score (nSPS) is 17.2. The number of hydrogen-bond donors (Lipinski definition) is 0. The van der Waals surface area contributed by atoms with Gasteiger partial charge in [0.15, 0.2) is 11.6 Å². The van der Waals surface area contributed by atoms with Crippen LogP contribution >= 0.6 is 0 Å². The number of furan rings is 1. The average Bonchev–Trinajstić information content (AvgIpc) is 3.24. The molecule has 1 saturated carbocycles. The van der Waals surface area contributed by atoms with Crippen molar-refractivity contribution in [2.24, 2.45) is 4.99 Å². The van der Waals surface area contributed by atoms with Crippen LogP contribution in [0.1, 0.15) is 37.9 Å². The smallest absolute Gasteiger partial charge is 0.194 e. The molecule has 5 nitrogen and oxygen atoms in total. The molecule has 1 aromatic carbocycles. The lowest BCUT2D eigenvalue weighted by atomic mass is 9.96. The minimum atomic E-state index is 0.344. The van der Waals surface area contributed by atoms with Crippen LogP contribution in [0.15, 0.2) is 52.1 Å². The lowest BCUT2D eigenvalue weighted by Gasteiger charge is -2.18. The third kappa shape index (κ3) is 2.43. The van der Waals surface area contributed by atoms with Crippen molar-refractivity contribution in [3.8, 4) is 0 Å². The maximum absolute atomic E-state index is 5.59. The zero-order valence-corrected chi connectivity index (χ0v) is 12.4. The first-order chi connectivity index (χ1) is 10.9. The molecule has 4 rings (SSSR count). The van der Waals surface area contributed by atoms with Gasteiger partial charge >= 0.3 is 0 Å². The second-order valence-electron chi connectivity index (χ2n) is 5.71. The van der Waals surface area contributed by atoms with Gasteiger partial charge in [0.1, 0.15) is 5.52 Å². The Hall–Kier alpha value is -2.43. The Kier molecular flexibility index (Phi) is 3.46. The van der Waals surface area contributed by atoms with E-state index in [1.54, 1.807) is 10.9 Å². The number of fused-ring (bicyclic) bond motifs is 1. The topological polar surface area (TPSA) is 56.2 Å². The molecule has 0 N–H and O–H groups in total. The summed E-state index contributed by atoms with van der Waals surface area (Å²) in [7, 11) is 0. The molecule has 1 aliphatic carbocycles. The molecule has 0 spiro atoms. The van der Waals surface area contributed by atoms with E-state index < -0.39 is 0 Å². The van der Waals surface area contributed by atoms with Gasteiger partial charge < -0.3 is 4.42 Å². The third-order valence-electron chi connectivity index (χ3n) is 4.17. The Morgan fingerprint density at radius 2 is 1.95 bits per heavy atom. The highest BCUT2D eigenvalue weighted by Gasteiger charge is 2.19. The van der Waals surface area contributed by atoms with Crippen LogP contribution in [0.4, 0.5) is 0 Å². The van der Waals surface area contributed by atoms with Gasteiger partial charge in [-0.1, -0.05) is 36.6 Å². The Morgan fingerprint density at radius 3 is 2.77 bits per heavy atom. The van der Waals surface area contributed by atoms with Crippen LogP contribution in [0, 0.1) is 0 Å². The van der Waals surface area contributed by atoms with Crippen LogP contribution in [-0.2, 0) is 0 Å². The van der Waals surface area contributed by atoms with Crippen molar-refractivity contribution >= 4 is 16.9 Å². The van der Waals surface area contributed by atoms with Crippen molar-refractivity contribution in [2.75, 3.05) is 0 Å². The number of para-hydroxylation sites is 1. The lowest BCUT2D eigenvalue weighted by Crippen LogP contribution is -2.20. The van der Waals surface area contributed by atoms with E-state index in [0.29, 0.717) is 6.04 Å². The second kappa shape index (κ2) is 5.75. The van der Waals surface area contributed by atoms with Crippen LogP contribution in [-0.4, -0.2) is 26.9 Å². The Balaban J connectivity index is 1.82. The van der Waals surface area contributed by atoms with Gasteiger partial charge in [-0.25, -0.2) is 0 Å². The molecule has 22 heavy (non-hydrogen) atoms. The fourth-order valence-corrected chi connectivity index (χ4v) is 3.04. The van der Waals surface area contributed by atoms with Gasteiger partial charge in [-0.05, 0) is 37.1 Å². The standard InChI is InChI=1S/C17H18N4O/c1-2-7-13(8-3-1)18-17(16-11-6-12-22-16)21-15-10-5-4-9-14(15)19-20-21/h4-6,9-13H,1-3,7-8H2. The van der Waals surface area contributed by atoms with Crippen LogP contribution in [0.5, 0.6) is 0 Å². The number of nitrogens with zero attached hydrogens (tertiary/aromatic N) is 4. The summed E-state index contributed by atoms with van der Waals surface area (Å²) in [5, 5.41) is 8.53. The zero-order chi connectivity index (χ0) is 14.8. The number of aliphatic imine (C=N–C) groups is 1. The highest BCUT2D eigenvalue weighted by molar-refractivity contribution is 6.02. The Labute approximate surface area is 128 Å². The summed E-state index contributed by atoms with van der Waals surface area (Å²) in [5.41, 5.74) is 1.82. The van der Waals surface area contributed by atoms with E-state index in [2.05, 4.69) is 10.3 Å². The predicted molar refractivity (Wildman–Crippen MR) is 85.0 cm³/mol. The molecule has 0 amide bonds. The summed E-state index contributed by atoms with van der Waals surface area (Å²) in [5.74, 6) is 1.49. The van der Waals surface area contributed by atoms with Crippen molar-refractivity contribution in [3.63, 3.8) is 0 Å². The second-order valence-corrected chi connectivity index (χ2v) is 5.71. The van der Waals surface area contributed by atoms with Crippen molar-refractivity contribution in [1.82, 2.24) is 15.0 Å². The zero-order valence-electron chi connectivity index (χ0n) is 12.4. The van der Waals surface area contributed by atoms with E-state index in [0.717, 1.165) is 35.5 Å². The lowest BCUT2D eigenvalue weighted by molar-refractivity contribution is 0.441. The van der Waals surface area contributed by atoms with Crippen molar-refractivity contribution in [3.05, 3.63) is 48.4 Å². The Morgan fingerprint density at radius 1 is 1.09 bits per heavy atom. The van der Waals surface area contributed by atoms with Gasteiger partial charge in [0.05, 0.1) is 17.8 Å². The third-order valence-corrected chi connectivity index (χ3v) is 4.17. The fraction of sp³-hybridized carbons (Fsp3) is 0.353. The number of hydrogen-bond acceptors (Lipinski definition) is 4. The molecule has 5 heteroatoms. The number of aromatic nitrogens is 3. The Bertz CT molecular complexity index is 782. The molecule has 112 valence electrons. The van der Waals surface area contributed by atoms with E-state index in [4.69, 9.17) is 9.41 Å². The largest absolute Gasteiger partial charge is 0.461 e. The number of benzene rings is 1. The van der Waals surface area contributed by atoms with E-state index in [1.165, 1.54) is 19.3 Å². The highest BCUT2D eigenvalue weighted by Crippen LogP contribution is 2.22. The summed E-state index contributed by atoms with van der Waals surface area (Å²) in [4.78, 5) is 4.95. The van der Waals surface area contributed by atoms with Gasteiger partial charge in [0.2, 0.25) is 0 Å². The minimum Gasteiger partial charge on any atom is -0.461 e. The molecule has 0 saturated heterocycles. The molecule has 0 radical (unpaired) electrons. The van der Waals surface area contributed by atoms with Gasteiger partial charge in [-0.15, -0.1) is 5.10 Å². The van der Waals surface area contributed by atoms with Crippen molar-refractivity contribution < 1.29 is 4.42 Å². The van der Waals surface area contributed by atoms with Crippen LogP contribution in [0.25, 0.3) is 11.0 Å². The molecule has 2 aromatic heterocycles. The molecule has 1 fully saturated rings. The van der Waals surface area contributed by atoms with Crippen LogP contribution < -0.4 is 0 Å². The van der Waals surface area contributed by atoms with Crippen LogP contribution in [0.3, 0.4) is 0 Å². The molecule has 0 unspecified atom stereocenters. The van der Waals surface area contributed by atoms with Crippen LogP contribution in [0.2, 0.25) is 0 Å². The summed E-state index contributed by atoms with van der Waals surface area (Å²) in [6.45, 7) is 0. The maximum Gasteiger partial charge on any atom is 0.194 e. The van der Waals surface area contributed by atoms with Gasteiger partial charge in [0, 0.05) is 0 Å². The maximum atomic E-state index is 5.59. The SMILES string of the molecule is c1coc(C(=NC2CCCCC2)n2nnc3ccccc32)c1. The first-order valence-corrected chi connectivity index (χ1v) is 7.84. The summed E-state index contributed by atoms with van der Waals surface area (Å²) in [6.07, 6.45) is 7.75. The number of rotatable bonds is 2. The average molecular weight is 294 g/mol. The predicted octanol–water partition coefficient (Wildman–Crippen LogP) is 3.65. The van der Waals surface area contributed by atoms with E-state index in [9.17, 15) is 0 Å². The van der Waals surface area contributed by atoms with E-state index in [1.807, 2.05) is 36.4 Å². The minimum absolute atomic E-state index is 0.344. The van der Waals surface area contributed by atoms with Gasteiger partial charge in [0.25, 0.3) is 0 Å². The summed E-state index contributed by atoms with van der Waals surface area (Å²) < 4.78 is 7.38. The molecule has 1 aliphatic rings. The first-order valence-electron chi connectivity index (χ1n) is 7.84. The van der Waals surface area contributed by atoms with E-state index >= 15 is 0 Å². The van der Waals surface area contributed by atoms with Crippen molar-refractivity contribution in [2.45, 2.75) is 38.1 Å². The summed E-state index contributed by atoms with van der Waals surface area (Å²) in [6, 6.07) is 12.1. The fourth-order valence-electron chi connectivity index (χ4n) is 3.04. The summed E-state index contributed by atoms with van der Waals surface area (Å²) >= 11 is 0. The molecule has 3 aromatic rings. The van der Waals surface area contributed by atoms with Crippen molar-refractivity contribution in [1.29, 1.82) is 0 Å². The first kappa shape index (κ1) is 13.2. The monoisotopic (exact) mass is 294 g/mol. The van der Waals surface area contributed by atoms with Gasteiger partial charge in [-0.2, -0.15) is 4.68 Å². The molecule has 0 atom stereocenters. The molecule has 0 aliphatic heterocycles. The molecular weight excluding hydrogens is 276 g/mol. The molecule has 2 heterocycles. The quantitative estimate of drug-likeness (QED) is 0.535. The van der Waals surface area contributed by atoms with Gasteiger partial charge in [-0.3, -0.25) is 4.99 Å². The highest BCUT2D eigenvalue weighted by atomic mass is 16.3. The molecule has 0 bridgehead atoms. The van der Waals surface area contributed by atoms with E-state index in [-0.39, 0.29) is 0 Å².